The number of fused-ring (bicyclic) bond motifs is 1. The van der Waals surface area contributed by atoms with Crippen molar-refractivity contribution in [1.29, 1.82) is 0 Å². The molecule has 0 radical (unpaired) electrons. The fourth-order valence-electron chi connectivity index (χ4n) is 2.07. The van der Waals surface area contributed by atoms with Gasteiger partial charge in [-0.05, 0) is 29.8 Å². The van der Waals surface area contributed by atoms with E-state index in [4.69, 9.17) is 21.8 Å². The quantitative estimate of drug-likeness (QED) is 0.723. The molecule has 3 aromatic rings. The third-order valence-corrected chi connectivity index (χ3v) is 3.82. The van der Waals surface area contributed by atoms with Crippen LogP contribution in [0.4, 0.5) is 0 Å². The second kappa shape index (κ2) is 5.00. The zero-order valence-corrected chi connectivity index (χ0v) is 12.3. The maximum atomic E-state index is 6.24. The predicted octanol–water partition coefficient (Wildman–Crippen LogP) is 4.90. The number of furan rings is 1. The first-order valence-electron chi connectivity index (χ1n) is 5.84. The number of hydrogen-bond acceptors (Lipinski definition) is 2. The molecule has 4 heteroatoms. The smallest absolute Gasteiger partial charge is 0.152 e. The predicted molar refractivity (Wildman–Crippen MR) is 81.4 cm³/mol. The molecule has 0 aliphatic heterocycles. The van der Waals surface area contributed by atoms with Crippen LogP contribution in [0.5, 0.6) is 0 Å². The number of halogens is 2. The molecule has 2 aromatic carbocycles. The van der Waals surface area contributed by atoms with Gasteiger partial charge in [-0.25, -0.2) is 0 Å². The van der Waals surface area contributed by atoms with Crippen molar-refractivity contribution in [3.63, 3.8) is 0 Å². The van der Waals surface area contributed by atoms with E-state index < -0.39 is 0 Å². The van der Waals surface area contributed by atoms with Gasteiger partial charge in [-0.3, -0.25) is 0 Å². The van der Waals surface area contributed by atoms with Crippen LogP contribution >= 0.6 is 27.5 Å². The average molecular weight is 337 g/mol. The van der Waals surface area contributed by atoms with E-state index in [2.05, 4.69) is 15.9 Å². The normalized spacial score (nSPS) is 12.8. The lowest BCUT2D eigenvalue weighted by atomic mass is 10.1. The van der Waals surface area contributed by atoms with Gasteiger partial charge in [0.05, 0.1) is 11.1 Å². The van der Waals surface area contributed by atoms with Gasteiger partial charge in [0.25, 0.3) is 0 Å². The van der Waals surface area contributed by atoms with Crippen molar-refractivity contribution in [2.24, 2.45) is 5.73 Å². The fourth-order valence-corrected chi connectivity index (χ4v) is 2.70. The molecule has 0 amide bonds. The van der Waals surface area contributed by atoms with Crippen molar-refractivity contribution in [1.82, 2.24) is 0 Å². The van der Waals surface area contributed by atoms with E-state index in [1.165, 1.54) is 0 Å². The van der Waals surface area contributed by atoms with Crippen LogP contribution in [-0.2, 0) is 0 Å². The van der Waals surface area contributed by atoms with Crippen molar-refractivity contribution in [2.45, 2.75) is 6.04 Å². The summed E-state index contributed by atoms with van der Waals surface area (Å²) in [6.45, 7) is 0. The molecule has 0 bridgehead atoms. The molecule has 2 N–H and O–H groups in total. The van der Waals surface area contributed by atoms with Crippen LogP contribution in [0, 0.1) is 0 Å². The first-order valence-corrected chi connectivity index (χ1v) is 7.01. The SMILES string of the molecule is NC(c1cccc(Br)c1)c1cc2cccc(Cl)c2o1. The molecule has 2 nitrogen and oxygen atoms in total. The summed E-state index contributed by atoms with van der Waals surface area (Å²) >= 11 is 9.55. The Balaban J connectivity index is 2.06. The van der Waals surface area contributed by atoms with Crippen LogP contribution in [0.2, 0.25) is 5.02 Å². The van der Waals surface area contributed by atoms with Gasteiger partial charge in [0.15, 0.2) is 5.58 Å². The Morgan fingerprint density at radius 1 is 1.11 bits per heavy atom. The zero-order chi connectivity index (χ0) is 13.4. The highest BCUT2D eigenvalue weighted by Gasteiger charge is 2.15. The lowest BCUT2D eigenvalue weighted by Crippen LogP contribution is -2.10. The largest absolute Gasteiger partial charge is 0.457 e. The monoisotopic (exact) mass is 335 g/mol. The Kier molecular flexibility index (Phi) is 3.35. The third-order valence-electron chi connectivity index (χ3n) is 3.03. The van der Waals surface area contributed by atoms with Gasteiger partial charge in [-0.2, -0.15) is 0 Å². The minimum absolute atomic E-state index is 0.305. The molecule has 1 heterocycles. The second-order valence-electron chi connectivity index (χ2n) is 4.34. The summed E-state index contributed by atoms with van der Waals surface area (Å²) in [5, 5.41) is 1.57. The molecule has 1 unspecified atom stereocenters. The van der Waals surface area contributed by atoms with Crippen molar-refractivity contribution >= 4 is 38.5 Å². The molecule has 0 spiro atoms. The average Bonchev–Trinajstić information content (AvgIpc) is 2.83. The number of para-hydroxylation sites is 1. The fraction of sp³-hybridized carbons (Fsp3) is 0.0667. The van der Waals surface area contributed by atoms with E-state index in [0.29, 0.717) is 16.4 Å². The van der Waals surface area contributed by atoms with Gasteiger partial charge < -0.3 is 10.2 Å². The number of benzene rings is 2. The molecule has 1 atom stereocenters. The molecule has 0 saturated heterocycles. The van der Waals surface area contributed by atoms with Crippen LogP contribution in [0.1, 0.15) is 17.4 Å². The van der Waals surface area contributed by atoms with E-state index in [1.54, 1.807) is 0 Å². The Morgan fingerprint density at radius 2 is 1.89 bits per heavy atom. The molecule has 19 heavy (non-hydrogen) atoms. The Morgan fingerprint density at radius 3 is 2.63 bits per heavy atom. The summed E-state index contributed by atoms with van der Waals surface area (Å²) < 4.78 is 6.78. The van der Waals surface area contributed by atoms with Crippen molar-refractivity contribution in [3.8, 4) is 0 Å². The highest BCUT2D eigenvalue weighted by Crippen LogP contribution is 2.31. The number of hydrogen-bond donors (Lipinski definition) is 1. The van der Waals surface area contributed by atoms with Gasteiger partial charge >= 0.3 is 0 Å². The topological polar surface area (TPSA) is 39.2 Å². The van der Waals surface area contributed by atoms with E-state index in [-0.39, 0.29) is 6.04 Å². The lowest BCUT2D eigenvalue weighted by molar-refractivity contribution is 0.525. The highest BCUT2D eigenvalue weighted by molar-refractivity contribution is 9.10. The maximum Gasteiger partial charge on any atom is 0.152 e. The summed E-state index contributed by atoms with van der Waals surface area (Å²) in [4.78, 5) is 0. The van der Waals surface area contributed by atoms with Crippen LogP contribution in [0.3, 0.4) is 0 Å². The molecular weight excluding hydrogens is 326 g/mol. The Hall–Kier alpha value is -1.29. The molecule has 96 valence electrons. The summed E-state index contributed by atoms with van der Waals surface area (Å²) in [5.74, 6) is 0.709. The lowest BCUT2D eigenvalue weighted by Gasteiger charge is -2.09. The molecule has 0 aliphatic carbocycles. The molecule has 0 aliphatic rings. The summed E-state index contributed by atoms with van der Waals surface area (Å²) in [5.41, 5.74) is 7.92. The van der Waals surface area contributed by atoms with Crippen LogP contribution in [0.15, 0.2) is 57.4 Å². The Bertz CT molecular complexity index is 738. The molecule has 3 rings (SSSR count). The molecule has 0 saturated carbocycles. The van der Waals surface area contributed by atoms with Crippen LogP contribution < -0.4 is 5.73 Å². The van der Waals surface area contributed by atoms with Gasteiger partial charge in [-0.1, -0.05) is 51.8 Å². The van der Waals surface area contributed by atoms with Crippen molar-refractivity contribution in [3.05, 3.63) is 69.3 Å². The summed E-state index contributed by atoms with van der Waals surface area (Å²) in [6.07, 6.45) is 0. The Labute approximate surface area is 124 Å². The van der Waals surface area contributed by atoms with Gasteiger partial charge in [-0.15, -0.1) is 0 Å². The molecule has 0 fully saturated rings. The van der Waals surface area contributed by atoms with E-state index >= 15 is 0 Å². The molecular formula is C15H11BrClNO. The minimum Gasteiger partial charge on any atom is -0.457 e. The highest BCUT2D eigenvalue weighted by atomic mass is 79.9. The van der Waals surface area contributed by atoms with Gasteiger partial charge in [0, 0.05) is 9.86 Å². The van der Waals surface area contributed by atoms with Crippen molar-refractivity contribution < 1.29 is 4.42 Å². The second-order valence-corrected chi connectivity index (χ2v) is 5.66. The van der Waals surface area contributed by atoms with Crippen molar-refractivity contribution in [2.75, 3.05) is 0 Å². The van der Waals surface area contributed by atoms with E-state index in [0.717, 1.165) is 15.4 Å². The van der Waals surface area contributed by atoms with E-state index in [1.807, 2.05) is 48.5 Å². The number of nitrogens with two attached hydrogens (primary N) is 1. The number of rotatable bonds is 2. The first kappa shape index (κ1) is 12.7. The summed E-state index contributed by atoms with van der Waals surface area (Å²) in [6, 6.07) is 15.2. The summed E-state index contributed by atoms with van der Waals surface area (Å²) in [7, 11) is 0. The first-order chi connectivity index (χ1) is 9.15. The van der Waals surface area contributed by atoms with E-state index in [9.17, 15) is 0 Å². The van der Waals surface area contributed by atoms with Gasteiger partial charge in [0.1, 0.15) is 5.76 Å². The standard InChI is InChI=1S/C15H11BrClNO/c16-11-5-1-3-9(7-11)14(18)13-8-10-4-2-6-12(17)15(10)19-13/h1-8,14H,18H2. The third kappa shape index (κ3) is 2.41. The maximum absolute atomic E-state index is 6.24. The van der Waals surface area contributed by atoms with Crippen LogP contribution in [-0.4, -0.2) is 0 Å². The molecule has 1 aromatic heterocycles. The zero-order valence-electron chi connectivity index (χ0n) is 9.94. The minimum atomic E-state index is -0.305. The van der Waals surface area contributed by atoms with Gasteiger partial charge in [0.2, 0.25) is 0 Å². The van der Waals surface area contributed by atoms with Crippen LogP contribution in [0.25, 0.3) is 11.0 Å².